The van der Waals surface area contributed by atoms with Gasteiger partial charge in [-0.25, -0.2) is 0 Å². The van der Waals surface area contributed by atoms with Crippen LogP contribution >= 0.6 is 0 Å². The number of hydrogen-bond donors (Lipinski definition) is 1. The minimum Gasteiger partial charge on any atom is -0.340 e. The van der Waals surface area contributed by atoms with Crippen LogP contribution in [0.1, 0.15) is 6.42 Å². The summed E-state index contributed by atoms with van der Waals surface area (Å²) in [6.45, 7) is 3.39. The van der Waals surface area contributed by atoms with Gasteiger partial charge in [-0.3, -0.25) is 9.59 Å². The maximum Gasteiger partial charge on any atom is 0.228 e. The Labute approximate surface area is 124 Å². The number of nitrogens with one attached hydrogen (secondary N) is 1. The van der Waals surface area contributed by atoms with Gasteiger partial charge in [0.2, 0.25) is 11.8 Å². The number of benzene rings is 1. The second kappa shape index (κ2) is 5.85. The standard InChI is InChI=1S/C16H21N3O2/c1-18-7-9-19(10-8-18)16(21)14-11-13(14)15(20)17-12-5-3-2-4-6-12/h2-6,13-14H,7-11H2,1H3,(H,17,20). The number of hydrogen-bond acceptors (Lipinski definition) is 3. The largest absolute Gasteiger partial charge is 0.340 e. The maximum atomic E-state index is 12.4. The Kier molecular flexibility index (Phi) is 3.92. The maximum absolute atomic E-state index is 12.4. The summed E-state index contributed by atoms with van der Waals surface area (Å²) < 4.78 is 0. The van der Waals surface area contributed by atoms with Gasteiger partial charge in [0.05, 0.1) is 11.8 Å². The number of anilines is 1. The predicted octanol–water partition coefficient (Wildman–Crippen LogP) is 1.04. The van der Waals surface area contributed by atoms with Gasteiger partial charge in [0, 0.05) is 31.9 Å². The summed E-state index contributed by atoms with van der Waals surface area (Å²) in [4.78, 5) is 28.6. The van der Waals surface area contributed by atoms with Gasteiger partial charge in [-0.1, -0.05) is 18.2 Å². The van der Waals surface area contributed by atoms with E-state index >= 15 is 0 Å². The van der Waals surface area contributed by atoms with Crippen molar-refractivity contribution in [3.8, 4) is 0 Å². The first-order chi connectivity index (χ1) is 10.1. The average molecular weight is 287 g/mol. The molecule has 2 fully saturated rings. The Morgan fingerprint density at radius 3 is 2.38 bits per heavy atom. The van der Waals surface area contributed by atoms with Crippen molar-refractivity contribution in [2.75, 3.05) is 38.5 Å². The Hall–Kier alpha value is -1.88. The van der Waals surface area contributed by atoms with E-state index in [4.69, 9.17) is 0 Å². The lowest BCUT2D eigenvalue weighted by molar-refractivity contribution is -0.135. The van der Waals surface area contributed by atoms with Crippen LogP contribution in [0.2, 0.25) is 0 Å². The van der Waals surface area contributed by atoms with Gasteiger partial charge in [0.1, 0.15) is 0 Å². The summed E-state index contributed by atoms with van der Waals surface area (Å²) in [6.07, 6.45) is 0.684. The quantitative estimate of drug-likeness (QED) is 0.903. The molecule has 1 aromatic carbocycles. The Bertz CT molecular complexity index is 524. The van der Waals surface area contributed by atoms with Gasteiger partial charge in [0.15, 0.2) is 0 Å². The lowest BCUT2D eigenvalue weighted by Crippen LogP contribution is -2.48. The van der Waals surface area contributed by atoms with Crippen LogP contribution in [0.25, 0.3) is 0 Å². The Balaban J connectivity index is 1.51. The second-order valence-electron chi connectivity index (χ2n) is 5.93. The predicted molar refractivity (Wildman–Crippen MR) is 80.7 cm³/mol. The third kappa shape index (κ3) is 3.24. The van der Waals surface area contributed by atoms with E-state index < -0.39 is 0 Å². The van der Waals surface area contributed by atoms with E-state index in [-0.39, 0.29) is 23.7 Å². The molecule has 1 saturated heterocycles. The van der Waals surface area contributed by atoms with E-state index in [9.17, 15) is 9.59 Å². The van der Waals surface area contributed by atoms with E-state index in [0.29, 0.717) is 6.42 Å². The topological polar surface area (TPSA) is 52.7 Å². The van der Waals surface area contributed by atoms with Crippen LogP contribution < -0.4 is 5.32 Å². The normalized spacial score (nSPS) is 25.5. The van der Waals surface area contributed by atoms with Gasteiger partial charge in [-0.15, -0.1) is 0 Å². The highest BCUT2D eigenvalue weighted by molar-refractivity contribution is 5.99. The molecule has 0 radical (unpaired) electrons. The van der Waals surface area contributed by atoms with Crippen molar-refractivity contribution < 1.29 is 9.59 Å². The zero-order valence-corrected chi connectivity index (χ0v) is 12.3. The first-order valence-electron chi connectivity index (χ1n) is 7.48. The molecule has 1 aromatic rings. The van der Waals surface area contributed by atoms with Crippen LogP contribution in [-0.4, -0.2) is 54.8 Å². The van der Waals surface area contributed by atoms with Gasteiger partial charge >= 0.3 is 0 Å². The number of carbonyl (C=O) groups excluding carboxylic acids is 2. The average Bonchev–Trinajstić information content (AvgIpc) is 3.29. The molecule has 0 bridgehead atoms. The first kappa shape index (κ1) is 14.1. The molecule has 2 amide bonds. The summed E-state index contributed by atoms with van der Waals surface area (Å²) in [6, 6.07) is 9.40. The highest BCUT2D eigenvalue weighted by atomic mass is 16.2. The molecular formula is C16H21N3O2. The summed E-state index contributed by atoms with van der Waals surface area (Å²) in [5, 5.41) is 2.88. The molecule has 2 unspecified atom stereocenters. The first-order valence-corrected chi connectivity index (χ1v) is 7.48. The lowest BCUT2D eigenvalue weighted by atomic mass is 10.2. The number of carbonyl (C=O) groups is 2. The summed E-state index contributed by atoms with van der Waals surface area (Å²) >= 11 is 0. The summed E-state index contributed by atoms with van der Waals surface area (Å²) in [5.74, 6) is -0.153. The molecule has 0 aromatic heterocycles. The number of amides is 2. The molecule has 21 heavy (non-hydrogen) atoms. The van der Waals surface area contributed by atoms with Crippen molar-refractivity contribution in [3.05, 3.63) is 30.3 Å². The van der Waals surface area contributed by atoms with Crippen LogP contribution in [0.4, 0.5) is 5.69 Å². The molecule has 1 aliphatic carbocycles. The molecule has 2 atom stereocenters. The smallest absolute Gasteiger partial charge is 0.228 e. The van der Waals surface area contributed by atoms with Crippen molar-refractivity contribution in [1.29, 1.82) is 0 Å². The SMILES string of the molecule is CN1CCN(C(=O)C2CC2C(=O)Nc2ccccc2)CC1. The Morgan fingerprint density at radius 2 is 1.71 bits per heavy atom. The molecule has 5 heteroatoms. The summed E-state index contributed by atoms with van der Waals surface area (Å²) in [5.41, 5.74) is 0.792. The van der Waals surface area contributed by atoms with Gasteiger partial charge in [-0.2, -0.15) is 0 Å². The highest BCUT2D eigenvalue weighted by Crippen LogP contribution is 2.41. The molecule has 1 aliphatic heterocycles. The molecule has 3 rings (SSSR count). The monoisotopic (exact) mass is 287 g/mol. The van der Waals surface area contributed by atoms with E-state index in [0.717, 1.165) is 31.9 Å². The lowest BCUT2D eigenvalue weighted by Gasteiger charge is -2.32. The molecular weight excluding hydrogens is 266 g/mol. The van der Waals surface area contributed by atoms with Gasteiger partial charge in [-0.05, 0) is 25.6 Å². The van der Waals surface area contributed by atoms with Crippen LogP contribution in [0.5, 0.6) is 0 Å². The third-order valence-electron chi connectivity index (χ3n) is 4.30. The molecule has 1 saturated carbocycles. The van der Waals surface area contributed by atoms with Crippen LogP contribution in [0.15, 0.2) is 30.3 Å². The molecule has 5 nitrogen and oxygen atoms in total. The number of nitrogens with zero attached hydrogens (tertiary/aromatic N) is 2. The van der Waals surface area contributed by atoms with Crippen molar-refractivity contribution in [2.24, 2.45) is 11.8 Å². The highest BCUT2D eigenvalue weighted by Gasteiger charge is 2.49. The molecule has 112 valence electrons. The van der Waals surface area contributed by atoms with E-state index in [1.807, 2.05) is 35.2 Å². The van der Waals surface area contributed by atoms with Gasteiger partial charge in [0.25, 0.3) is 0 Å². The number of rotatable bonds is 3. The third-order valence-corrected chi connectivity index (χ3v) is 4.30. The van der Waals surface area contributed by atoms with Crippen LogP contribution in [-0.2, 0) is 9.59 Å². The number of para-hydroxylation sites is 1. The van der Waals surface area contributed by atoms with Crippen molar-refractivity contribution in [2.45, 2.75) is 6.42 Å². The second-order valence-corrected chi connectivity index (χ2v) is 5.93. The van der Waals surface area contributed by atoms with E-state index in [1.54, 1.807) is 0 Å². The molecule has 1 N–H and O–H groups in total. The molecule has 1 heterocycles. The van der Waals surface area contributed by atoms with Crippen molar-refractivity contribution in [1.82, 2.24) is 9.80 Å². The molecule has 0 spiro atoms. The molecule has 2 aliphatic rings. The minimum absolute atomic E-state index is 0.0336. The van der Waals surface area contributed by atoms with Crippen molar-refractivity contribution in [3.63, 3.8) is 0 Å². The van der Waals surface area contributed by atoms with E-state index in [1.165, 1.54) is 0 Å². The fourth-order valence-corrected chi connectivity index (χ4v) is 2.78. The summed E-state index contributed by atoms with van der Waals surface area (Å²) in [7, 11) is 2.06. The zero-order chi connectivity index (χ0) is 14.8. The minimum atomic E-state index is -0.155. The van der Waals surface area contributed by atoms with Crippen LogP contribution in [0.3, 0.4) is 0 Å². The Morgan fingerprint density at radius 1 is 1.05 bits per heavy atom. The number of piperazine rings is 1. The zero-order valence-electron chi connectivity index (χ0n) is 12.3. The van der Waals surface area contributed by atoms with E-state index in [2.05, 4.69) is 17.3 Å². The fraction of sp³-hybridized carbons (Fsp3) is 0.500. The fourth-order valence-electron chi connectivity index (χ4n) is 2.78. The van der Waals surface area contributed by atoms with Crippen molar-refractivity contribution >= 4 is 17.5 Å². The van der Waals surface area contributed by atoms with Crippen LogP contribution in [0, 0.1) is 11.8 Å². The van der Waals surface area contributed by atoms with Gasteiger partial charge < -0.3 is 15.1 Å². The number of likely N-dealkylation sites (N-methyl/N-ethyl adjacent to an activating group) is 1.